The van der Waals surface area contributed by atoms with E-state index in [2.05, 4.69) is 15.1 Å². The second-order valence-corrected chi connectivity index (χ2v) is 8.54. The van der Waals surface area contributed by atoms with E-state index in [9.17, 15) is 24.9 Å². The number of rotatable bonds is 10. The number of aliphatic hydroxyl groups is 1. The lowest BCUT2D eigenvalue weighted by Gasteiger charge is -2.26. The Balaban J connectivity index is 1.59. The Morgan fingerprint density at radius 3 is 2.57 bits per heavy atom. The minimum Gasteiger partial charge on any atom is -0.507 e. The third kappa shape index (κ3) is 6.28. The fourth-order valence-corrected chi connectivity index (χ4v) is 3.91. The van der Waals surface area contributed by atoms with Gasteiger partial charge in [0, 0.05) is 32.1 Å². The van der Waals surface area contributed by atoms with Crippen molar-refractivity contribution in [3.63, 3.8) is 0 Å². The summed E-state index contributed by atoms with van der Waals surface area (Å²) in [6, 6.07) is 9.76. The largest absolute Gasteiger partial charge is 0.507 e. The first-order valence-corrected chi connectivity index (χ1v) is 12.0. The Bertz CT molecular complexity index is 1260. The molecule has 12 heteroatoms. The normalized spacial score (nSPS) is 14.9. The molecule has 4 N–H and O–H groups in total. The van der Waals surface area contributed by atoms with E-state index in [1.54, 1.807) is 19.1 Å². The van der Waals surface area contributed by atoms with Crippen molar-refractivity contribution >= 4 is 5.97 Å². The van der Waals surface area contributed by atoms with Crippen LogP contribution in [0, 0.1) is 0 Å². The number of aromatic amines is 1. The average Bonchev–Trinajstić information content (AvgIpc) is 3.29. The van der Waals surface area contributed by atoms with Gasteiger partial charge < -0.3 is 29.5 Å². The third-order valence-corrected chi connectivity index (χ3v) is 5.91. The number of benzene rings is 2. The van der Waals surface area contributed by atoms with Gasteiger partial charge in [-0.2, -0.15) is 5.10 Å². The van der Waals surface area contributed by atoms with Crippen molar-refractivity contribution in [3.8, 4) is 34.3 Å². The molecular formula is C25H30N4O8. The van der Waals surface area contributed by atoms with Gasteiger partial charge in [-0.05, 0) is 23.8 Å². The van der Waals surface area contributed by atoms with Crippen molar-refractivity contribution in [1.82, 2.24) is 19.7 Å². The molecule has 0 saturated carbocycles. The molecule has 1 aromatic heterocycles. The monoisotopic (exact) mass is 514 g/mol. The summed E-state index contributed by atoms with van der Waals surface area (Å²) in [5.41, 5.74) is 1.18. The van der Waals surface area contributed by atoms with Crippen LogP contribution < -0.4 is 10.4 Å². The van der Waals surface area contributed by atoms with Crippen molar-refractivity contribution < 1.29 is 34.3 Å². The molecule has 1 atom stereocenters. The minimum atomic E-state index is -0.959. The Morgan fingerprint density at radius 1 is 1.16 bits per heavy atom. The smallest absolute Gasteiger partial charge is 0.348 e. The maximum Gasteiger partial charge on any atom is 0.348 e. The van der Waals surface area contributed by atoms with E-state index in [1.807, 2.05) is 12.1 Å². The zero-order chi connectivity index (χ0) is 26.4. The summed E-state index contributed by atoms with van der Waals surface area (Å²) in [5, 5.41) is 36.9. The van der Waals surface area contributed by atoms with Crippen LogP contribution in [-0.2, 0) is 20.8 Å². The van der Waals surface area contributed by atoms with Crippen molar-refractivity contribution in [2.24, 2.45) is 0 Å². The number of phenolic OH excluding ortho intramolecular Hbond substituents is 2. The molecule has 0 spiro atoms. The van der Waals surface area contributed by atoms with E-state index in [4.69, 9.17) is 14.2 Å². The number of morpholine rings is 1. The number of aliphatic hydroxyl groups excluding tert-OH is 1. The minimum absolute atomic E-state index is 0.0891. The van der Waals surface area contributed by atoms with Crippen molar-refractivity contribution in [2.75, 3.05) is 39.5 Å². The van der Waals surface area contributed by atoms with Crippen LogP contribution in [0.25, 0.3) is 17.1 Å². The number of aromatic hydroxyl groups is 2. The van der Waals surface area contributed by atoms with E-state index in [1.165, 1.54) is 10.6 Å². The number of aromatic nitrogens is 3. The molecule has 3 aromatic rings. The van der Waals surface area contributed by atoms with E-state index in [0.29, 0.717) is 18.9 Å². The zero-order valence-corrected chi connectivity index (χ0v) is 20.4. The average molecular weight is 515 g/mol. The lowest BCUT2D eigenvalue weighted by molar-refractivity contribution is -0.146. The number of H-pyrrole nitrogens is 1. The third-order valence-electron chi connectivity index (χ3n) is 5.91. The van der Waals surface area contributed by atoms with Crippen molar-refractivity contribution in [2.45, 2.75) is 26.0 Å². The first kappa shape index (κ1) is 26.2. The summed E-state index contributed by atoms with van der Waals surface area (Å²) in [5.74, 6) is -1.21. The molecule has 37 heavy (non-hydrogen) atoms. The summed E-state index contributed by atoms with van der Waals surface area (Å²) >= 11 is 0. The number of hydrogen-bond acceptors (Lipinski definition) is 10. The highest BCUT2D eigenvalue weighted by Crippen LogP contribution is 2.39. The first-order valence-electron chi connectivity index (χ1n) is 12.0. The van der Waals surface area contributed by atoms with Gasteiger partial charge in [-0.1, -0.05) is 19.1 Å². The van der Waals surface area contributed by atoms with Crippen molar-refractivity contribution in [1.29, 1.82) is 0 Å². The van der Waals surface area contributed by atoms with E-state index in [0.717, 1.165) is 31.3 Å². The number of esters is 1. The quantitative estimate of drug-likeness (QED) is 0.289. The number of hydrogen-bond donors (Lipinski definition) is 4. The maximum atomic E-state index is 12.7. The molecule has 1 aliphatic heterocycles. The summed E-state index contributed by atoms with van der Waals surface area (Å²) in [6.07, 6.45) is -0.795. The van der Waals surface area contributed by atoms with Crippen molar-refractivity contribution in [3.05, 3.63) is 52.4 Å². The molecular weight excluding hydrogens is 484 g/mol. The molecule has 1 unspecified atom stereocenters. The predicted octanol–water partition coefficient (Wildman–Crippen LogP) is 1.16. The molecule has 0 bridgehead atoms. The van der Waals surface area contributed by atoms with Gasteiger partial charge in [0.2, 0.25) is 0 Å². The highest BCUT2D eigenvalue weighted by Gasteiger charge is 2.21. The molecule has 1 aliphatic rings. The molecule has 2 aromatic carbocycles. The fourth-order valence-electron chi connectivity index (χ4n) is 3.91. The maximum absolute atomic E-state index is 12.7. The van der Waals surface area contributed by atoms with Crippen LogP contribution in [0.5, 0.6) is 17.2 Å². The summed E-state index contributed by atoms with van der Waals surface area (Å²) in [6.45, 7) is 4.80. The summed E-state index contributed by atoms with van der Waals surface area (Å²) in [4.78, 5) is 26.4. The van der Waals surface area contributed by atoms with Gasteiger partial charge in [0.15, 0.2) is 23.4 Å². The summed E-state index contributed by atoms with van der Waals surface area (Å²) < 4.78 is 17.3. The molecule has 12 nitrogen and oxygen atoms in total. The van der Waals surface area contributed by atoms with E-state index >= 15 is 0 Å². The van der Waals surface area contributed by atoms with Gasteiger partial charge in [0.25, 0.3) is 0 Å². The Kier molecular flexibility index (Phi) is 8.43. The van der Waals surface area contributed by atoms with E-state index < -0.39 is 30.1 Å². The molecule has 4 rings (SSSR count). The topological polar surface area (TPSA) is 159 Å². The fraction of sp³-hybridized carbons (Fsp3) is 0.400. The predicted molar refractivity (Wildman–Crippen MR) is 132 cm³/mol. The highest BCUT2D eigenvalue weighted by atomic mass is 16.6. The van der Waals surface area contributed by atoms with Gasteiger partial charge >= 0.3 is 11.7 Å². The second-order valence-electron chi connectivity index (χ2n) is 8.54. The van der Waals surface area contributed by atoms with E-state index in [-0.39, 0.29) is 35.9 Å². The molecule has 0 amide bonds. The number of carbonyl (C=O) groups is 1. The van der Waals surface area contributed by atoms with Crippen LogP contribution in [-0.4, -0.2) is 86.6 Å². The number of phenols is 2. The Hall–Kier alpha value is -3.87. The Morgan fingerprint density at radius 2 is 1.89 bits per heavy atom. The number of carbonyl (C=O) groups excluding carboxylic acids is 1. The van der Waals surface area contributed by atoms with Crippen LogP contribution in [0.3, 0.4) is 0 Å². The molecule has 0 radical (unpaired) electrons. The molecule has 1 saturated heterocycles. The number of ether oxygens (including phenoxy) is 3. The lowest BCUT2D eigenvalue weighted by Crippen LogP contribution is -2.35. The number of nitrogens with zero attached hydrogens (tertiary/aromatic N) is 3. The van der Waals surface area contributed by atoms with Crippen LogP contribution in [0.1, 0.15) is 18.9 Å². The van der Waals surface area contributed by atoms with Crippen LogP contribution in [0.4, 0.5) is 0 Å². The lowest BCUT2D eigenvalue weighted by atomic mass is 10.1. The zero-order valence-electron chi connectivity index (χ0n) is 20.4. The number of nitrogens with one attached hydrogen (secondary N) is 1. The molecule has 2 heterocycles. The first-order chi connectivity index (χ1) is 17.9. The Labute approximate surface area is 212 Å². The van der Waals surface area contributed by atoms with Gasteiger partial charge in [0.05, 0.1) is 31.1 Å². The van der Waals surface area contributed by atoms with Gasteiger partial charge in [-0.3, -0.25) is 9.69 Å². The summed E-state index contributed by atoms with van der Waals surface area (Å²) in [7, 11) is 0. The van der Waals surface area contributed by atoms with Gasteiger partial charge in [-0.25, -0.2) is 14.5 Å². The molecule has 198 valence electrons. The second kappa shape index (κ2) is 11.9. The van der Waals surface area contributed by atoms with Gasteiger partial charge in [0.1, 0.15) is 12.4 Å². The molecule has 0 aliphatic carbocycles. The van der Waals surface area contributed by atoms with Gasteiger partial charge in [-0.15, -0.1) is 0 Å². The van der Waals surface area contributed by atoms with Crippen LogP contribution in [0.15, 0.2) is 41.2 Å². The molecule has 1 fully saturated rings. The SMILES string of the molecule is CCC(=O)OCC(CO)Oc1cc(-c2n[nH]c(=O)n2-c2ccc(CN3CCOCC3)cc2)c(O)cc1O. The van der Waals surface area contributed by atoms with Crippen LogP contribution in [0.2, 0.25) is 0 Å². The standard InChI is InChI=1S/C25H30N4O8/c1-2-23(33)36-15-18(14-30)37-22-11-19(20(31)12-21(22)32)24-26-27-25(34)29(24)17-5-3-16(4-6-17)13-28-7-9-35-10-8-28/h3-6,11-12,18,30-32H,2,7-10,13-15H2,1H3,(H,27,34). The highest BCUT2D eigenvalue weighted by molar-refractivity contribution is 5.70. The van der Waals surface area contributed by atoms with Crippen LogP contribution >= 0.6 is 0 Å².